The molecular formula is C28H40N6O3S. The van der Waals surface area contributed by atoms with Crippen LogP contribution in [-0.4, -0.2) is 41.7 Å². The van der Waals surface area contributed by atoms with E-state index in [1.165, 1.54) is 17.8 Å². The number of aromatic nitrogens is 2. The van der Waals surface area contributed by atoms with Crippen LogP contribution in [0.5, 0.6) is 0 Å². The van der Waals surface area contributed by atoms with Crippen LogP contribution in [-0.2, 0) is 16.1 Å². The Balaban J connectivity index is 0.000000924. The van der Waals surface area contributed by atoms with Crippen LogP contribution in [0.4, 0.5) is 5.13 Å². The summed E-state index contributed by atoms with van der Waals surface area (Å²) in [5, 5.41) is 7.74. The van der Waals surface area contributed by atoms with Crippen LogP contribution in [0.2, 0.25) is 0 Å². The van der Waals surface area contributed by atoms with Crippen molar-refractivity contribution in [2.75, 3.05) is 18.9 Å². The first kappa shape index (κ1) is 32.3. The summed E-state index contributed by atoms with van der Waals surface area (Å²) in [7, 11) is 1.81. The molecule has 2 aromatic heterocycles. The summed E-state index contributed by atoms with van der Waals surface area (Å²) in [4.78, 5) is 36.9. The van der Waals surface area contributed by atoms with E-state index < -0.39 is 0 Å². The van der Waals surface area contributed by atoms with Crippen molar-refractivity contribution in [2.24, 2.45) is 5.92 Å². The minimum Gasteiger partial charge on any atom is -0.354 e. The molecule has 2 heterocycles. The van der Waals surface area contributed by atoms with E-state index in [-0.39, 0.29) is 18.4 Å². The van der Waals surface area contributed by atoms with Gasteiger partial charge in [-0.3, -0.25) is 9.59 Å². The largest absolute Gasteiger partial charge is 0.354 e. The molecular weight excluding hydrogens is 500 g/mol. The molecule has 0 spiro atoms. The average Bonchev–Trinajstić information content (AvgIpc) is 3.62. The van der Waals surface area contributed by atoms with E-state index in [1.807, 2.05) is 74.2 Å². The highest BCUT2D eigenvalue weighted by Crippen LogP contribution is 2.26. The lowest BCUT2D eigenvalue weighted by atomic mass is 10.1. The maximum atomic E-state index is 12.2. The van der Waals surface area contributed by atoms with Gasteiger partial charge in [-0.1, -0.05) is 51.5 Å². The van der Waals surface area contributed by atoms with Crippen LogP contribution in [0.25, 0.3) is 17.0 Å². The third kappa shape index (κ3) is 10.7. The Bertz CT molecular complexity index is 1170. The first-order valence-corrected chi connectivity index (χ1v) is 13.4. The first-order valence-electron chi connectivity index (χ1n) is 12.5. The van der Waals surface area contributed by atoms with E-state index in [9.17, 15) is 9.59 Å². The van der Waals surface area contributed by atoms with Gasteiger partial charge in [0.15, 0.2) is 5.13 Å². The summed E-state index contributed by atoms with van der Waals surface area (Å²) in [5.41, 5.74) is 10.2. The number of hydrogen-bond donors (Lipinski definition) is 4. The minimum atomic E-state index is -0.327. The fourth-order valence-corrected chi connectivity index (χ4v) is 3.69. The number of rotatable bonds is 10. The normalized spacial score (nSPS) is 10.6. The van der Waals surface area contributed by atoms with E-state index in [2.05, 4.69) is 47.2 Å². The van der Waals surface area contributed by atoms with Gasteiger partial charge in [-0.15, -0.1) is 11.3 Å². The lowest BCUT2D eigenvalue weighted by molar-refractivity contribution is -0.115. The van der Waals surface area contributed by atoms with Gasteiger partial charge < -0.3 is 25.4 Å². The molecule has 0 saturated carbocycles. The number of thiazole rings is 1. The van der Waals surface area contributed by atoms with Crippen LogP contribution in [0.3, 0.4) is 0 Å². The van der Waals surface area contributed by atoms with E-state index in [4.69, 9.17) is 4.79 Å². The third-order valence-corrected chi connectivity index (χ3v) is 6.13. The van der Waals surface area contributed by atoms with Crippen LogP contribution >= 0.6 is 11.3 Å². The Morgan fingerprint density at radius 3 is 2.45 bits per heavy atom. The number of carbonyl (C=O) groups excluding carboxylic acids is 3. The number of amides is 2. The number of hydrazine groups is 1. The maximum absolute atomic E-state index is 12.2. The number of anilines is 1. The molecule has 0 fully saturated rings. The first-order chi connectivity index (χ1) is 18.3. The minimum absolute atomic E-state index is 0.124. The molecule has 10 heteroatoms. The van der Waals surface area contributed by atoms with E-state index >= 15 is 0 Å². The van der Waals surface area contributed by atoms with Crippen LogP contribution in [0.1, 0.15) is 57.0 Å². The molecule has 0 aliphatic heterocycles. The van der Waals surface area contributed by atoms with Crippen LogP contribution < -0.4 is 21.5 Å². The van der Waals surface area contributed by atoms with Gasteiger partial charge in [-0.2, -0.15) is 0 Å². The van der Waals surface area contributed by atoms with Crippen molar-refractivity contribution in [2.45, 2.75) is 47.6 Å². The fraction of sp³-hybridized carbons (Fsp3) is 0.357. The molecule has 1 aromatic carbocycles. The predicted molar refractivity (Wildman–Crippen MR) is 157 cm³/mol. The Morgan fingerprint density at radius 2 is 1.87 bits per heavy atom. The van der Waals surface area contributed by atoms with E-state index in [0.717, 1.165) is 35.0 Å². The zero-order valence-corrected chi connectivity index (χ0v) is 23.9. The summed E-state index contributed by atoms with van der Waals surface area (Å²) in [5.74, 6) is 0.274. The molecule has 0 unspecified atom stereocenters. The van der Waals surface area contributed by atoms with Crippen molar-refractivity contribution in [3.8, 4) is 11.3 Å². The summed E-state index contributed by atoms with van der Waals surface area (Å²) in [6.45, 7) is 13.3. The Kier molecular flexibility index (Phi) is 15.0. The predicted octanol–water partition coefficient (Wildman–Crippen LogP) is 4.95. The molecule has 0 atom stereocenters. The van der Waals surface area contributed by atoms with E-state index in [0.29, 0.717) is 10.7 Å². The van der Waals surface area contributed by atoms with Crippen LogP contribution in [0, 0.1) is 5.92 Å². The van der Waals surface area contributed by atoms with E-state index in [1.54, 1.807) is 12.3 Å². The van der Waals surface area contributed by atoms with Crippen molar-refractivity contribution in [1.29, 1.82) is 0 Å². The quantitative estimate of drug-likeness (QED) is 0.270. The van der Waals surface area contributed by atoms with Crippen LogP contribution in [0.15, 0.2) is 54.2 Å². The molecule has 9 nitrogen and oxygen atoms in total. The van der Waals surface area contributed by atoms with Crippen molar-refractivity contribution < 1.29 is 14.4 Å². The molecule has 3 rings (SSSR count). The lowest BCUT2D eigenvalue weighted by Gasteiger charge is -2.10. The van der Waals surface area contributed by atoms with Gasteiger partial charge in [-0.05, 0) is 37.5 Å². The SMILES string of the molecule is C/C=C(\NNC)c1cccc(-c2csc(NC(=O)CNC(=O)c3ccn(CC)c3)n2)c1.C=O.CCC(C)C. The molecule has 3 aromatic rings. The second-order valence-corrected chi connectivity index (χ2v) is 9.32. The third-order valence-electron chi connectivity index (χ3n) is 5.37. The molecule has 0 saturated heterocycles. The standard InChI is InChI=1S/C22H26N6O2S.C5H12.CH2O/c1-4-18(27-23-3)15-7-6-8-16(11-15)19-14-31-22(25-19)26-20(29)12-24-21(30)17-9-10-28(5-2)13-17;1-4-5(2)3;1-2/h4,6-11,13-14,23,27H,5,12H2,1-3H3,(H,24,30)(H,25,26,29);5H,4H2,1-3H3;1H2/b18-4-;;. The highest BCUT2D eigenvalue weighted by Gasteiger charge is 2.12. The van der Waals surface area contributed by atoms with Crippen molar-refractivity contribution in [1.82, 2.24) is 25.7 Å². The van der Waals surface area contributed by atoms with Crippen molar-refractivity contribution in [3.63, 3.8) is 0 Å². The number of carbonyl (C=O) groups is 3. The Labute approximate surface area is 229 Å². The highest BCUT2D eigenvalue weighted by atomic mass is 32.1. The highest BCUT2D eigenvalue weighted by molar-refractivity contribution is 7.14. The van der Waals surface area contributed by atoms with Gasteiger partial charge in [0.05, 0.1) is 23.5 Å². The number of nitrogens with zero attached hydrogens (tertiary/aromatic N) is 2. The summed E-state index contributed by atoms with van der Waals surface area (Å²) in [6.07, 6.45) is 6.86. The Hall–Kier alpha value is -3.76. The van der Waals surface area contributed by atoms with Gasteiger partial charge in [0.25, 0.3) is 5.91 Å². The second kappa shape index (κ2) is 17.7. The number of allylic oxidation sites excluding steroid dienone is 1. The molecule has 0 radical (unpaired) electrons. The van der Waals surface area contributed by atoms with Gasteiger partial charge >= 0.3 is 0 Å². The summed E-state index contributed by atoms with van der Waals surface area (Å²) in [6, 6.07) is 9.70. The smallest absolute Gasteiger partial charge is 0.253 e. The molecule has 0 aliphatic carbocycles. The number of hydrogen-bond acceptors (Lipinski definition) is 7. The summed E-state index contributed by atoms with van der Waals surface area (Å²) < 4.78 is 1.90. The Morgan fingerprint density at radius 1 is 1.16 bits per heavy atom. The zero-order valence-electron chi connectivity index (χ0n) is 23.1. The number of benzene rings is 1. The number of nitrogens with one attached hydrogen (secondary N) is 4. The fourth-order valence-electron chi connectivity index (χ4n) is 2.95. The van der Waals surface area contributed by atoms with Gasteiger partial charge in [0, 0.05) is 36.9 Å². The second-order valence-electron chi connectivity index (χ2n) is 8.46. The molecule has 206 valence electrons. The number of aryl methyl sites for hydroxylation is 1. The molecule has 4 N–H and O–H groups in total. The van der Waals surface area contributed by atoms with Crippen molar-refractivity contribution >= 4 is 40.8 Å². The van der Waals surface area contributed by atoms with Gasteiger partial charge in [0.2, 0.25) is 5.91 Å². The monoisotopic (exact) mass is 540 g/mol. The zero-order chi connectivity index (χ0) is 28.5. The average molecular weight is 541 g/mol. The lowest BCUT2D eigenvalue weighted by Crippen LogP contribution is -2.32. The summed E-state index contributed by atoms with van der Waals surface area (Å²) >= 11 is 1.34. The topological polar surface area (TPSA) is 117 Å². The molecule has 2 amide bonds. The van der Waals surface area contributed by atoms with Gasteiger partial charge in [0.1, 0.15) is 6.79 Å². The molecule has 0 aliphatic rings. The van der Waals surface area contributed by atoms with Crippen molar-refractivity contribution in [3.05, 3.63) is 65.3 Å². The maximum Gasteiger partial charge on any atom is 0.253 e. The molecule has 0 bridgehead atoms. The molecule has 38 heavy (non-hydrogen) atoms. The van der Waals surface area contributed by atoms with Gasteiger partial charge in [-0.25, -0.2) is 10.4 Å².